The highest BCUT2D eigenvalue weighted by molar-refractivity contribution is 7.79. The van der Waals surface area contributed by atoms with Crippen LogP contribution >= 0.6 is 7.14 Å². The molecule has 0 spiro atoms. The quantitative estimate of drug-likeness (QED) is 0.423. The standard InChI is InChI=1S/C24H29F2O4P/c1-2-30-22(27)24(25,26)18-21(14-17-23(28)15-9-16-23)31(29,19-10-5-3-6-11-19)20-12-7-4-8-13-20/h3-8,10-13,21,28H,2,9,14-18H2,1H3. The maximum absolute atomic E-state index is 14.9. The minimum Gasteiger partial charge on any atom is -0.462 e. The predicted molar refractivity (Wildman–Crippen MR) is 118 cm³/mol. The van der Waals surface area contributed by atoms with E-state index in [0.717, 1.165) is 6.42 Å². The highest BCUT2D eigenvalue weighted by atomic mass is 31.2. The fraction of sp³-hybridized carbons (Fsp3) is 0.458. The Balaban J connectivity index is 2.04. The zero-order valence-corrected chi connectivity index (χ0v) is 18.6. The van der Waals surface area contributed by atoms with Crippen LogP contribution in [0.15, 0.2) is 60.7 Å². The van der Waals surface area contributed by atoms with Gasteiger partial charge >= 0.3 is 11.9 Å². The van der Waals surface area contributed by atoms with Gasteiger partial charge in [-0.25, -0.2) is 4.79 Å². The van der Waals surface area contributed by atoms with Gasteiger partial charge in [0.2, 0.25) is 0 Å². The largest absolute Gasteiger partial charge is 0.462 e. The minimum absolute atomic E-state index is 0.118. The highest BCUT2D eigenvalue weighted by Gasteiger charge is 2.49. The molecule has 1 aliphatic carbocycles. The van der Waals surface area contributed by atoms with Crippen molar-refractivity contribution in [1.82, 2.24) is 0 Å². The second-order valence-electron chi connectivity index (χ2n) is 8.23. The predicted octanol–water partition coefficient (Wildman–Crippen LogP) is 4.65. The Morgan fingerprint density at radius 1 is 1.10 bits per heavy atom. The van der Waals surface area contributed by atoms with E-state index in [4.69, 9.17) is 0 Å². The molecule has 1 unspecified atom stereocenters. The Labute approximate surface area is 182 Å². The molecule has 168 valence electrons. The van der Waals surface area contributed by atoms with Gasteiger partial charge in [-0.2, -0.15) is 8.78 Å². The van der Waals surface area contributed by atoms with Gasteiger partial charge in [0.05, 0.1) is 12.2 Å². The van der Waals surface area contributed by atoms with Crippen LogP contribution in [0.5, 0.6) is 0 Å². The molecule has 1 atom stereocenters. The zero-order chi connectivity index (χ0) is 22.5. The number of hydrogen-bond acceptors (Lipinski definition) is 4. The van der Waals surface area contributed by atoms with Crippen molar-refractivity contribution in [3.8, 4) is 0 Å². The van der Waals surface area contributed by atoms with E-state index < -0.39 is 36.7 Å². The van der Waals surface area contributed by atoms with Crippen molar-refractivity contribution in [2.75, 3.05) is 6.61 Å². The molecule has 1 aliphatic rings. The molecule has 3 rings (SSSR count). The molecule has 4 nitrogen and oxygen atoms in total. The van der Waals surface area contributed by atoms with Gasteiger partial charge in [0.25, 0.3) is 0 Å². The summed E-state index contributed by atoms with van der Waals surface area (Å²) in [7, 11) is -3.56. The molecular weight excluding hydrogens is 421 g/mol. The molecule has 0 amide bonds. The number of benzene rings is 2. The average molecular weight is 450 g/mol. The first-order valence-electron chi connectivity index (χ1n) is 10.7. The lowest BCUT2D eigenvalue weighted by Gasteiger charge is -2.39. The number of ether oxygens (including phenoxy) is 1. The minimum atomic E-state index is -3.78. The number of esters is 1. The lowest BCUT2D eigenvalue weighted by Crippen LogP contribution is -2.41. The third-order valence-electron chi connectivity index (χ3n) is 6.09. The Kier molecular flexibility index (Phi) is 7.33. The number of alkyl halides is 2. The summed E-state index contributed by atoms with van der Waals surface area (Å²) < 4.78 is 49.0. The van der Waals surface area contributed by atoms with E-state index in [0.29, 0.717) is 23.5 Å². The van der Waals surface area contributed by atoms with Crippen molar-refractivity contribution in [1.29, 1.82) is 0 Å². The smallest absolute Gasteiger partial charge is 0.376 e. The van der Waals surface area contributed by atoms with Crippen molar-refractivity contribution < 1.29 is 28.0 Å². The average Bonchev–Trinajstić information content (AvgIpc) is 2.76. The van der Waals surface area contributed by atoms with Crippen LogP contribution in [0.25, 0.3) is 0 Å². The molecule has 0 radical (unpaired) electrons. The van der Waals surface area contributed by atoms with Crippen molar-refractivity contribution in [2.24, 2.45) is 0 Å². The second-order valence-corrected chi connectivity index (χ2v) is 11.3. The van der Waals surface area contributed by atoms with Gasteiger partial charge < -0.3 is 14.4 Å². The summed E-state index contributed by atoms with van der Waals surface area (Å²) in [5.74, 6) is -5.38. The molecule has 0 aliphatic heterocycles. The third kappa shape index (κ3) is 5.24. The van der Waals surface area contributed by atoms with E-state index in [-0.39, 0.29) is 19.4 Å². The molecule has 0 bridgehead atoms. The zero-order valence-electron chi connectivity index (χ0n) is 17.7. The first-order chi connectivity index (χ1) is 14.7. The van der Waals surface area contributed by atoms with E-state index in [1.54, 1.807) is 60.7 Å². The summed E-state index contributed by atoms with van der Waals surface area (Å²) in [5, 5.41) is 11.5. The molecule has 2 aromatic rings. The Morgan fingerprint density at radius 3 is 2.03 bits per heavy atom. The van der Waals surface area contributed by atoms with Crippen molar-refractivity contribution in [3.63, 3.8) is 0 Å². The van der Waals surface area contributed by atoms with Crippen LogP contribution in [-0.4, -0.2) is 34.9 Å². The Hall–Kier alpha value is -2.04. The monoisotopic (exact) mass is 450 g/mol. The van der Waals surface area contributed by atoms with E-state index >= 15 is 0 Å². The fourth-order valence-corrected chi connectivity index (χ4v) is 7.52. The summed E-state index contributed by atoms with van der Waals surface area (Å²) in [6.45, 7) is 1.31. The molecule has 0 aromatic heterocycles. The van der Waals surface area contributed by atoms with Gasteiger partial charge in [-0.1, -0.05) is 60.7 Å². The third-order valence-corrected chi connectivity index (χ3v) is 9.69. The summed E-state index contributed by atoms with van der Waals surface area (Å²) in [5.41, 5.74) is -1.93. The molecule has 31 heavy (non-hydrogen) atoms. The van der Waals surface area contributed by atoms with Gasteiger partial charge in [-0.05, 0) is 39.0 Å². The van der Waals surface area contributed by atoms with Crippen LogP contribution in [0.2, 0.25) is 0 Å². The second kappa shape index (κ2) is 9.62. The number of rotatable bonds is 10. The molecule has 7 heteroatoms. The molecule has 0 heterocycles. The Bertz CT molecular complexity index is 870. The summed E-state index contributed by atoms with van der Waals surface area (Å²) in [4.78, 5) is 12.0. The van der Waals surface area contributed by atoms with Crippen molar-refractivity contribution >= 4 is 23.7 Å². The van der Waals surface area contributed by atoms with Gasteiger partial charge in [0.15, 0.2) is 0 Å². The maximum Gasteiger partial charge on any atom is 0.376 e. The molecule has 1 fully saturated rings. The topological polar surface area (TPSA) is 63.6 Å². The lowest BCUT2D eigenvalue weighted by atomic mass is 9.76. The van der Waals surface area contributed by atoms with Crippen LogP contribution in [-0.2, 0) is 14.1 Å². The first-order valence-corrected chi connectivity index (χ1v) is 12.5. The van der Waals surface area contributed by atoms with E-state index in [1.807, 2.05) is 0 Å². The van der Waals surface area contributed by atoms with Crippen LogP contribution < -0.4 is 10.6 Å². The maximum atomic E-state index is 14.9. The molecule has 2 aromatic carbocycles. The van der Waals surface area contributed by atoms with Gasteiger partial charge in [0.1, 0.15) is 7.14 Å². The van der Waals surface area contributed by atoms with Crippen LogP contribution in [0.1, 0.15) is 45.4 Å². The number of halogens is 2. The summed E-state index contributed by atoms with van der Waals surface area (Å²) >= 11 is 0. The summed E-state index contributed by atoms with van der Waals surface area (Å²) in [6, 6.07) is 17.2. The van der Waals surface area contributed by atoms with Crippen LogP contribution in [0, 0.1) is 0 Å². The molecule has 1 saturated carbocycles. The van der Waals surface area contributed by atoms with Crippen LogP contribution in [0.4, 0.5) is 8.78 Å². The summed E-state index contributed by atoms with van der Waals surface area (Å²) in [6.07, 6.45) is 1.58. The molecular formula is C24H29F2O4P. The van der Waals surface area contributed by atoms with E-state index in [9.17, 15) is 23.2 Å². The van der Waals surface area contributed by atoms with Gasteiger partial charge in [0, 0.05) is 22.7 Å². The Morgan fingerprint density at radius 2 is 1.61 bits per heavy atom. The number of aliphatic hydroxyl groups is 1. The molecule has 1 N–H and O–H groups in total. The van der Waals surface area contributed by atoms with Gasteiger partial charge in [-0.3, -0.25) is 0 Å². The normalized spacial score (nSPS) is 16.9. The first kappa shape index (κ1) is 23.6. The SMILES string of the molecule is CCOC(=O)C(F)(F)CC(CCC1(O)CCC1)P(=O)(c1ccccc1)c1ccccc1. The van der Waals surface area contributed by atoms with Crippen LogP contribution in [0.3, 0.4) is 0 Å². The van der Waals surface area contributed by atoms with Gasteiger partial charge in [-0.15, -0.1) is 0 Å². The lowest BCUT2D eigenvalue weighted by molar-refractivity contribution is -0.172. The van der Waals surface area contributed by atoms with E-state index in [1.165, 1.54) is 6.92 Å². The molecule has 0 saturated heterocycles. The number of hydrogen-bond donors (Lipinski definition) is 1. The van der Waals surface area contributed by atoms with Crippen molar-refractivity contribution in [2.45, 2.75) is 62.6 Å². The highest BCUT2D eigenvalue weighted by Crippen LogP contribution is 2.54. The number of carbonyl (C=O) groups is 1. The number of carbonyl (C=O) groups excluding carboxylic acids is 1. The van der Waals surface area contributed by atoms with E-state index in [2.05, 4.69) is 4.74 Å². The fourth-order valence-electron chi connectivity index (χ4n) is 4.17. The van der Waals surface area contributed by atoms with Crippen molar-refractivity contribution in [3.05, 3.63) is 60.7 Å².